The second-order valence-corrected chi connectivity index (χ2v) is 6.02. The van der Waals surface area contributed by atoms with E-state index in [1.807, 2.05) is 30.3 Å². The lowest BCUT2D eigenvalue weighted by Gasteiger charge is -2.04. The summed E-state index contributed by atoms with van der Waals surface area (Å²) in [5.74, 6) is 0.418. The molecule has 0 heterocycles. The smallest absolute Gasteiger partial charge is 0.0716 e. The monoisotopic (exact) mass is 261 g/mol. The van der Waals surface area contributed by atoms with Crippen molar-refractivity contribution in [3.05, 3.63) is 35.9 Å². The lowest BCUT2D eigenvalue weighted by Crippen LogP contribution is -2.05. The van der Waals surface area contributed by atoms with Crippen LogP contribution in [0, 0.1) is 4.78 Å². The van der Waals surface area contributed by atoms with Crippen LogP contribution < -0.4 is 0 Å². The Kier molecular flexibility index (Phi) is 7.45. The van der Waals surface area contributed by atoms with Crippen molar-refractivity contribution in [1.29, 1.82) is 4.78 Å². The van der Waals surface area contributed by atoms with Crippen molar-refractivity contribution in [3.8, 4) is 0 Å². The van der Waals surface area contributed by atoms with E-state index in [1.54, 1.807) is 0 Å². The summed E-state index contributed by atoms with van der Waals surface area (Å²) in [6.07, 6.45) is 2.15. The van der Waals surface area contributed by atoms with Crippen LogP contribution >= 0.6 is 13.5 Å². The van der Waals surface area contributed by atoms with Crippen molar-refractivity contribution in [2.45, 2.75) is 13.0 Å². The summed E-state index contributed by atoms with van der Waals surface area (Å²) in [6.45, 7) is 1.16. The fourth-order valence-electron chi connectivity index (χ4n) is 1.20. The quantitative estimate of drug-likeness (QED) is 0.799. The average molecular weight is 261 g/mol. The van der Waals surface area contributed by atoms with E-state index in [9.17, 15) is 4.21 Å². The third-order valence-corrected chi connectivity index (χ3v) is 3.00. The first-order chi connectivity index (χ1) is 7.08. The van der Waals surface area contributed by atoms with Crippen LogP contribution in [0.15, 0.2) is 30.3 Å². The maximum Gasteiger partial charge on any atom is 0.0716 e. The van der Waals surface area contributed by atoms with Gasteiger partial charge in [-0.2, -0.15) is 13.5 Å². The fraction of sp³-hybridized carbons (Fsp3) is 0.455. The molecular weight excluding hydrogens is 242 g/mol. The molecule has 0 saturated heterocycles. The summed E-state index contributed by atoms with van der Waals surface area (Å²) in [5, 5.41) is 0. The Hall–Kier alpha value is -0.520. The van der Waals surface area contributed by atoms with E-state index in [2.05, 4.69) is 0 Å². The molecule has 0 bridgehead atoms. The molecule has 3 nitrogen and oxygen atoms in total. The van der Waals surface area contributed by atoms with Gasteiger partial charge in [0.2, 0.25) is 0 Å². The normalized spacial score (nSPS) is 13.8. The Balaban J connectivity index is 0.00000225. The van der Waals surface area contributed by atoms with E-state index in [0.29, 0.717) is 25.4 Å². The highest BCUT2D eigenvalue weighted by Crippen LogP contribution is 2.01. The summed E-state index contributed by atoms with van der Waals surface area (Å²) in [7, 11) is -2.35. The molecule has 0 aliphatic carbocycles. The van der Waals surface area contributed by atoms with Gasteiger partial charge in [-0.25, -0.2) is 0 Å². The first kappa shape index (κ1) is 15.5. The van der Waals surface area contributed by atoms with E-state index in [0.717, 1.165) is 5.56 Å². The first-order valence-corrected chi connectivity index (χ1v) is 7.04. The molecule has 1 rings (SSSR count). The van der Waals surface area contributed by atoms with Gasteiger partial charge in [-0.3, -0.25) is 8.99 Å². The maximum absolute atomic E-state index is 11.0. The van der Waals surface area contributed by atoms with Crippen LogP contribution in [0.3, 0.4) is 0 Å². The Morgan fingerprint density at radius 3 is 2.50 bits per heavy atom. The highest BCUT2D eigenvalue weighted by atomic mass is 32.2. The van der Waals surface area contributed by atoms with Crippen molar-refractivity contribution >= 4 is 23.2 Å². The van der Waals surface area contributed by atoms with Crippen LogP contribution in [0.25, 0.3) is 0 Å². The van der Waals surface area contributed by atoms with E-state index < -0.39 is 9.73 Å². The molecule has 0 unspecified atom stereocenters. The molecule has 5 heteroatoms. The van der Waals surface area contributed by atoms with Gasteiger partial charge in [0, 0.05) is 28.3 Å². The van der Waals surface area contributed by atoms with E-state index in [-0.39, 0.29) is 13.5 Å². The molecule has 0 radical (unpaired) electrons. The molecule has 0 spiro atoms. The van der Waals surface area contributed by atoms with Crippen LogP contribution in [0.1, 0.15) is 12.0 Å². The molecule has 16 heavy (non-hydrogen) atoms. The molecule has 0 fully saturated rings. The predicted molar refractivity (Wildman–Crippen MR) is 72.7 cm³/mol. The third kappa shape index (κ3) is 7.73. The number of ether oxygens (including phenoxy) is 1. The van der Waals surface area contributed by atoms with E-state index in [4.69, 9.17) is 9.52 Å². The molecule has 92 valence electrons. The largest absolute Gasteiger partial charge is 0.377 e. The SMILES string of the molecule is C[S@](=N)(=O)CCCOCc1ccccc1.S. The number of benzene rings is 1. The second-order valence-electron chi connectivity index (χ2n) is 3.60. The Morgan fingerprint density at radius 2 is 1.94 bits per heavy atom. The molecule has 1 atom stereocenters. The Bertz CT molecular complexity index is 376. The number of rotatable bonds is 6. The number of nitrogens with one attached hydrogen (secondary N) is 1. The van der Waals surface area contributed by atoms with Crippen LogP contribution in [0.2, 0.25) is 0 Å². The standard InChI is InChI=1S/C11H17NO2S.H2S/c1-15(12,13)9-5-8-14-10-11-6-3-2-4-7-11;/h2-4,6-7,12H,5,8-10H2,1H3;1H2/t15-;/m0./s1. The molecule has 0 saturated carbocycles. The maximum atomic E-state index is 11.0. The summed E-state index contributed by atoms with van der Waals surface area (Å²) >= 11 is 0. The van der Waals surface area contributed by atoms with E-state index in [1.165, 1.54) is 6.26 Å². The zero-order chi connectivity index (χ0) is 11.1. The van der Waals surface area contributed by atoms with Crippen molar-refractivity contribution in [2.75, 3.05) is 18.6 Å². The van der Waals surface area contributed by atoms with Gasteiger partial charge in [-0.1, -0.05) is 30.3 Å². The van der Waals surface area contributed by atoms with Crippen molar-refractivity contribution in [3.63, 3.8) is 0 Å². The second kappa shape index (κ2) is 7.70. The molecular formula is C11H19NO2S2. The van der Waals surface area contributed by atoms with Gasteiger partial charge in [-0.05, 0) is 12.0 Å². The number of hydrogen-bond donors (Lipinski definition) is 1. The summed E-state index contributed by atoms with van der Waals surface area (Å²) in [5.41, 5.74) is 1.14. The number of hydrogen-bond acceptors (Lipinski definition) is 3. The topological polar surface area (TPSA) is 50.2 Å². The molecule has 0 aliphatic rings. The minimum Gasteiger partial charge on any atom is -0.377 e. The fourth-order valence-corrected chi connectivity index (χ4v) is 1.87. The average Bonchev–Trinajstić information content (AvgIpc) is 2.17. The molecule has 1 N–H and O–H groups in total. The molecule has 0 amide bonds. The summed E-state index contributed by atoms with van der Waals surface area (Å²) in [6, 6.07) is 9.93. The minimum absolute atomic E-state index is 0. The minimum atomic E-state index is -2.35. The lowest BCUT2D eigenvalue weighted by atomic mass is 10.2. The van der Waals surface area contributed by atoms with Gasteiger partial charge in [0.1, 0.15) is 0 Å². The lowest BCUT2D eigenvalue weighted by molar-refractivity contribution is 0.122. The van der Waals surface area contributed by atoms with Gasteiger partial charge in [0.15, 0.2) is 0 Å². The van der Waals surface area contributed by atoms with Crippen LogP contribution in [0.5, 0.6) is 0 Å². The molecule has 0 aromatic heterocycles. The Labute approximate surface area is 105 Å². The van der Waals surface area contributed by atoms with Crippen LogP contribution in [-0.2, 0) is 21.1 Å². The highest BCUT2D eigenvalue weighted by molar-refractivity contribution is 7.91. The van der Waals surface area contributed by atoms with Crippen molar-refractivity contribution < 1.29 is 8.95 Å². The zero-order valence-electron chi connectivity index (χ0n) is 9.44. The van der Waals surface area contributed by atoms with Gasteiger partial charge < -0.3 is 4.74 Å². The van der Waals surface area contributed by atoms with Crippen LogP contribution in [0.4, 0.5) is 0 Å². The van der Waals surface area contributed by atoms with Crippen LogP contribution in [-0.4, -0.2) is 22.8 Å². The summed E-state index contributed by atoms with van der Waals surface area (Å²) in [4.78, 5) is 0. The van der Waals surface area contributed by atoms with E-state index >= 15 is 0 Å². The Morgan fingerprint density at radius 1 is 1.31 bits per heavy atom. The van der Waals surface area contributed by atoms with Crippen molar-refractivity contribution in [1.82, 2.24) is 0 Å². The van der Waals surface area contributed by atoms with Gasteiger partial charge in [-0.15, -0.1) is 0 Å². The third-order valence-electron chi connectivity index (χ3n) is 1.93. The van der Waals surface area contributed by atoms with Crippen molar-refractivity contribution in [2.24, 2.45) is 0 Å². The van der Waals surface area contributed by atoms with Gasteiger partial charge >= 0.3 is 0 Å². The molecule has 1 aromatic carbocycles. The first-order valence-electron chi connectivity index (χ1n) is 4.91. The summed E-state index contributed by atoms with van der Waals surface area (Å²) < 4.78 is 23.6. The molecule has 1 aromatic rings. The molecule has 0 aliphatic heterocycles. The van der Waals surface area contributed by atoms with Gasteiger partial charge in [0.25, 0.3) is 0 Å². The predicted octanol–water partition coefficient (Wildman–Crippen LogP) is 2.38. The zero-order valence-corrected chi connectivity index (χ0v) is 11.3. The van der Waals surface area contributed by atoms with Gasteiger partial charge in [0.05, 0.1) is 6.61 Å². The highest BCUT2D eigenvalue weighted by Gasteiger charge is 1.97.